The van der Waals surface area contributed by atoms with Crippen LogP contribution in [0.1, 0.15) is 17.3 Å². The van der Waals surface area contributed by atoms with Crippen LogP contribution in [0.25, 0.3) is 0 Å². The summed E-state index contributed by atoms with van der Waals surface area (Å²) in [4.78, 5) is 11.5. The van der Waals surface area contributed by atoms with E-state index >= 15 is 0 Å². The predicted octanol–water partition coefficient (Wildman–Crippen LogP) is 2.11. The van der Waals surface area contributed by atoms with Gasteiger partial charge in [-0.25, -0.2) is 0 Å². The van der Waals surface area contributed by atoms with E-state index in [4.69, 9.17) is 0 Å². The molecule has 1 amide bonds. The Morgan fingerprint density at radius 2 is 2.33 bits per heavy atom. The Morgan fingerprint density at radius 1 is 1.67 bits per heavy atom. The number of hydrogen-bond donors (Lipinski definition) is 2. The van der Waals surface area contributed by atoms with Gasteiger partial charge in [-0.15, -0.1) is 23.7 Å². The molecule has 0 bridgehead atoms. The van der Waals surface area contributed by atoms with Crippen LogP contribution in [-0.4, -0.2) is 25.5 Å². The minimum absolute atomic E-state index is 0. The molecular weight excluding hydrogens is 347 g/mol. The summed E-state index contributed by atoms with van der Waals surface area (Å²) < 4.78 is 1.13. The summed E-state index contributed by atoms with van der Waals surface area (Å²) in [5.41, 5.74) is 0.753. The predicted molar refractivity (Wildman–Crippen MR) is 75.1 cm³/mol. The molecule has 15 heavy (non-hydrogen) atoms. The maximum Gasteiger partial charge on any atom is 0.252 e. The number of hydrogen-bond acceptors (Lipinski definition) is 3. The van der Waals surface area contributed by atoms with Crippen molar-refractivity contribution in [1.82, 2.24) is 10.6 Å². The van der Waals surface area contributed by atoms with Crippen LogP contribution < -0.4 is 10.6 Å². The zero-order valence-corrected chi connectivity index (χ0v) is 12.3. The van der Waals surface area contributed by atoms with E-state index in [1.54, 1.807) is 11.3 Å². The quantitative estimate of drug-likeness (QED) is 0.808. The Balaban J connectivity index is 0.00000196. The summed E-state index contributed by atoms with van der Waals surface area (Å²) in [5.74, 6) is 0.00580. The van der Waals surface area contributed by atoms with Gasteiger partial charge >= 0.3 is 0 Å². The number of thiophene rings is 1. The number of likely N-dealkylation sites (N-methyl/N-ethyl adjacent to an activating group) is 1. The lowest BCUT2D eigenvalue weighted by Crippen LogP contribution is -2.36. The second-order valence-electron chi connectivity index (χ2n) is 3.04. The van der Waals surface area contributed by atoms with Crippen LogP contribution in [-0.2, 0) is 0 Å². The average Bonchev–Trinajstić information content (AvgIpc) is 2.60. The zero-order valence-electron chi connectivity index (χ0n) is 8.54. The minimum Gasteiger partial charge on any atom is -0.350 e. The van der Waals surface area contributed by atoms with Gasteiger partial charge in [0.15, 0.2) is 0 Å². The fourth-order valence-corrected chi connectivity index (χ4v) is 2.21. The smallest absolute Gasteiger partial charge is 0.252 e. The lowest BCUT2D eigenvalue weighted by Gasteiger charge is -2.10. The molecule has 0 radical (unpaired) electrons. The average molecular weight is 361 g/mol. The first-order chi connectivity index (χ1) is 6.63. The molecule has 0 aromatic carbocycles. The molecule has 1 unspecified atom stereocenters. The molecule has 2 N–H and O–H groups in total. The Labute approximate surface area is 114 Å². The van der Waals surface area contributed by atoms with Gasteiger partial charge in [-0.3, -0.25) is 4.79 Å². The molecule has 6 heteroatoms. The fraction of sp³-hybridized carbons (Fsp3) is 0.444. The van der Waals surface area contributed by atoms with E-state index < -0.39 is 0 Å². The van der Waals surface area contributed by atoms with Crippen LogP contribution in [0.15, 0.2) is 11.4 Å². The lowest BCUT2D eigenvalue weighted by atomic mass is 10.3. The summed E-state index contributed by atoms with van der Waals surface area (Å²) in [7, 11) is 1.88. The third-order valence-corrected chi connectivity index (χ3v) is 3.68. The number of amides is 1. The van der Waals surface area contributed by atoms with E-state index in [1.165, 1.54) is 0 Å². The molecule has 0 aliphatic rings. The van der Waals surface area contributed by atoms with E-state index in [0.717, 1.165) is 8.45 Å². The number of nitrogens with one attached hydrogen (secondary N) is 2. The monoisotopic (exact) mass is 360 g/mol. The first-order valence-electron chi connectivity index (χ1n) is 4.33. The van der Waals surface area contributed by atoms with Gasteiger partial charge in [0, 0.05) is 18.0 Å². The molecule has 0 spiro atoms. The van der Waals surface area contributed by atoms with Gasteiger partial charge < -0.3 is 10.6 Å². The minimum atomic E-state index is 0. The highest BCUT2D eigenvalue weighted by Crippen LogP contribution is 2.16. The Hall–Kier alpha value is 0.150. The summed E-state index contributed by atoms with van der Waals surface area (Å²) >= 11 is 3.79. The Morgan fingerprint density at radius 3 is 2.80 bits per heavy atom. The van der Waals surface area contributed by atoms with Crippen molar-refractivity contribution in [2.45, 2.75) is 13.0 Å². The van der Waals surface area contributed by atoms with E-state index in [-0.39, 0.29) is 18.3 Å². The number of rotatable bonds is 4. The fourth-order valence-electron chi connectivity index (χ4n) is 0.879. The van der Waals surface area contributed by atoms with Crippen molar-refractivity contribution >= 4 is 52.2 Å². The van der Waals surface area contributed by atoms with Crippen molar-refractivity contribution in [2.75, 3.05) is 13.6 Å². The third kappa shape index (κ3) is 5.14. The van der Waals surface area contributed by atoms with Crippen LogP contribution in [0, 0.1) is 2.88 Å². The number of halogens is 2. The second kappa shape index (κ2) is 7.43. The number of carbonyl (C=O) groups is 1. The van der Waals surface area contributed by atoms with Crippen LogP contribution >= 0.6 is 46.3 Å². The molecule has 0 aliphatic heterocycles. The molecule has 86 valence electrons. The first kappa shape index (κ1) is 15.2. The highest BCUT2D eigenvalue weighted by Gasteiger charge is 2.08. The maximum atomic E-state index is 11.5. The second-order valence-corrected chi connectivity index (χ2v) is 5.84. The lowest BCUT2D eigenvalue weighted by molar-refractivity contribution is 0.0951. The largest absolute Gasteiger partial charge is 0.350 e. The summed E-state index contributed by atoms with van der Waals surface area (Å²) in [6.45, 7) is 2.68. The molecule has 0 saturated heterocycles. The molecule has 0 aliphatic carbocycles. The summed E-state index contributed by atoms with van der Waals surface area (Å²) in [6, 6.07) is 2.20. The van der Waals surface area contributed by atoms with Crippen molar-refractivity contribution in [2.24, 2.45) is 0 Å². The molecule has 1 aromatic heterocycles. The topological polar surface area (TPSA) is 41.1 Å². The van der Waals surface area contributed by atoms with Crippen LogP contribution in [0.4, 0.5) is 0 Å². The van der Waals surface area contributed by atoms with Crippen molar-refractivity contribution in [3.05, 3.63) is 19.9 Å². The van der Waals surface area contributed by atoms with Gasteiger partial charge in [0.05, 0.1) is 8.45 Å². The number of carbonyl (C=O) groups excluding carboxylic acids is 1. The van der Waals surface area contributed by atoms with Crippen molar-refractivity contribution in [3.8, 4) is 0 Å². The van der Waals surface area contributed by atoms with Crippen molar-refractivity contribution < 1.29 is 4.79 Å². The molecule has 3 nitrogen and oxygen atoms in total. The molecular formula is C9H14ClIN2OS. The van der Waals surface area contributed by atoms with Crippen molar-refractivity contribution in [1.29, 1.82) is 0 Å². The molecule has 1 aromatic rings. The highest BCUT2D eigenvalue weighted by atomic mass is 127. The first-order valence-corrected chi connectivity index (χ1v) is 6.29. The molecule has 1 heterocycles. The van der Waals surface area contributed by atoms with E-state index in [9.17, 15) is 4.79 Å². The van der Waals surface area contributed by atoms with Gasteiger partial charge in [0.1, 0.15) is 0 Å². The highest BCUT2D eigenvalue weighted by molar-refractivity contribution is 14.1. The molecule has 1 rings (SSSR count). The maximum absolute atomic E-state index is 11.5. The Kier molecular flexibility index (Phi) is 7.50. The summed E-state index contributed by atoms with van der Waals surface area (Å²) in [5, 5.41) is 7.80. The standard InChI is InChI=1S/C9H13IN2OS.ClH/c1-6(11-2)4-12-9(13)7-3-8(10)14-5-7;/h3,5-6,11H,4H2,1-2H3,(H,12,13);1H. The van der Waals surface area contributed by atoms with Crippen LogP contribution in [0.3, 0.4) is 0 Å². The zero-order chi connectivity index (χ0) is 10.6. The van der Waals surface area contributed by atoms with E-state index in [1.807, 2.05) is 25.4 Å². The van der Waals surface area contributed by atoms with Gasteiger partial charge in [0.2, 0.25) is 0 Å². The van der Waals surface area contributed by atoms with Gasteiger partial charge in [-0.05, 0) is 42.6 Å². The van der Waals surface area contributed by atoms with Gasteiger partial charge in [0.25, 0.3) is 5.91 Å². The molecule has 0 saturated carbocycles. The Bertz CT molecular complexity index is 319. The SMILES string of the molecule is CNC(C)CNC(=O)c1csc(I)c1.Cl. The van der Waals surface area contributed by atoms with E-state index in [0.29, 0.717) is 12.6 Å². The molecule has 0 fully saturated rings. The molecule has 1 atom stereocenters. The van der Waals surface area contributed by atoms with Crippen LogP contribution in [0.5, 0.6) is 0 Å². The van der Waals surface area contributed by atoms with Crippen LogP contribution in [0.2, 0.25) is 0 Å². The third-order valence-electron chi connectivity index (χ3n) is 1.89. The van der Waals surface area contributed by atoms with Gasteiger partial charge in [-0.1, -0.05) is 0 Å². The van der Waals surface area contributed by atoms with Gasteiger partial charge in [-0.2, -0.15) is 0 Å². The summed E-state index contributed by atoms with van der Waals surface area (Å²) in [6.07, 6.45) is 0. The van der Waals surface area contributed by atoms with Crippen molar-refractivity contribution in [3.63, 3.8) is 0 Å². The normalized spacial score (nSPS) is 11.7. The van der Waals surface area contributed by atoms with E-state index in [2.05, 4.69) is 33.2 Å².